The summed E-state index contributed by atoms with van der Waals surface area (Å²) in [5, 5.41) is 0. The van der Waals surface area contributed by atoms with Crippen molar-refractivity contribution < 1.29 is 19.1 Å². The van der Waals surface area contributed by atoms with Crippen molar-refractivity contribution in [3.05, 3.63) is 48.0 Å². The molecule has 42 heavy (non-hydrogen) atoms. The summed E-state index contributed by atoms with van der Waals surface area (Å²) in [4.78, 5) is 27.6. The summed E-state index contributed by atoms with van der Waals surface area (Å²) in [7, 11) is 0. The van der Waals surface area contributed by atoms with Gasteiger partial charge in [-0.3, -0.25) is 4.79 Å². The van der Waals surface area contributed by atoms with Gasteiger partial charge in [-0.15, -0.1) is 0 Å². The maximum absolute atomic E-state index is 13.3. The molecule has 3 aliphatic rings. The molecule has 0 saturated heterocycles. The molecule has 0 bridgehead atoms. The van der Waals surface area contributed by atoms with Gasteiger partial charge in [-0.1, -0.05) is 101 Å². The summed E-state index contributed by atoms with van der Waals surface area (Å²) in [6.07, 6.45) is 23.5. The second-order valence-corrected chi connectivity index (χ2v) is 13.1. The summed E-state index contributed by atoms with van der Waals surface area (Å²) in [5.74, 6) is 1.47. The first-order chi connectivity index (χ1) is 20.5. The van der Waals surface area contributed by atoms with E-state index in [0.29, 0.717) is 30.2 Å². The lowest BCUT2D eigenvalue weighted by Gasteiger charge is -2.56. The predicted molar refractivity (Wildman–Crippen MR) is 170 cm³/mol. The van der Waals surface area contributed by atoms with Gasteiger partial charge in [-0.2, -0.15) is 0 Å². The van der Waals surface area contributed by atoms with Crippen LogP contribution in [0.25, 0.3) is 0 Å². The van der Waals surface area contributed by atoms with Crippen molar-refractivity contribution in [2.45, 2.75) is 148 Å². The maximum atomic E-state index is 13.3. The van der Waals surface area contributed by atoms with Crippen LogP contribution in [0.3, 0.4) is 0 Å². The van der Waals surface area contributed by atoms with Gasteiger partial charge in [0.2, 0.25) is 6.29 Å². The van der Waals surface area contributed by atoms with E-state index in [9.17, 15) is 9.59 Å². The van der Waals surface area contributed by atoms with Gasteiger partial charge in [0.15, 0.2) is 0 Å². The van der Waals surface area contributed by atoms with Crippen LogP contribution < -0.4 is 0 Å². The van der Waals surface area contributed by atoms with E-state index in [-0.39, 0.29) is 18.1 Å². The van der Waals surface area contributed by atoms with Gasteiger partial charge >= 0.3 is 12.1 Å². The van der Waals surface area contributed by atoms with Crippen molar-refractivity contribution in [3.63, 3.8) is 0 Å². The minimum absolute atomic E-state index is 0.163. The minimum atomic E-state index is -0.872. The second kappa shape index (κ2) is 16.5. The van der Waals surface area contributed by atoms with Crippen molar-refractivity contribution in [2.24, 2.45) is 17.3 Å². The summed E-state index contributed by atoms with van der Waals surface area (Å²) in [5.41, 5.74) is 1.73. The van der Waals surface area contributed by atoms with Crippen molar-refractivity contribution >= 4 is 12.1 Å². The van der Waals surface area contributed by atoms with Crippen LogP contribution in [0, 0.1) is 17.3 Å². The Bertz CT molecular complexity index is 993. The zero-order valence-electron chi connectivity index (χ0n) is 26.7. The number of likely N-dealkylation sites (N-methyl/N-ethyl adjacent to an activating group) is 1. The lowest BCUT2D eigenvalue weighted by Crippen LogP contribution is -2.60. The highest BCUT2D eigenvalue weighted by molar-refractivity contribution is 5.71. The van der Waals surface area contributed by atoms with Crippen LogP contribution in [-0.2, 0) is 14.3 Å². The van der Waals surface area contributed by atoms with Crippen LogP contribution in [0.1, 0.15) is 141 Å². The first kappa shape index (κ1) is 32.6. The molecule has 0 N–H and O–H groups in total. The van der Waals surface area contributed by atoms with Crippen LogP contribution in [0.2, 0.25) is 0 Å². The third-order valence-electron chi connectivity index (χ3n) is 10.3. The van der Waals surface area contributed by atoms with Gasteiger partial charge in [0, 0.05) is 31.8 Å². The Hall–Kier alpha value is -2.30. The summed E-state index contributed by atoms with van der Waals surface area (Å²) < 4.78 is 11.2. The number of unbranched alkanes of at least 4 members (excludes halogenated alkanes) is 11. The van der Waals surface area contributed by atoms with E-state index in [4.69, 9.17) is 9.47 Å². The lowest BCUT2D eigenvalue weighted by atomic mass is 9.55. The summed E-state index contributed by atoms with van der Waals surface area (Å²) in [6.45, 7) is 6.55. The fourth-order valence-electron chi connectivity index (χ4n) is 8.22. The topological polar surface area (TPSA) is 55.8 Å². The fraction of sp³-hybridized carbons (Fsp3) is 0.730. The highest BCUT2D eigenvalue weighted by atomic mass is 16.7. The van der Waals surface area contributed by atoms with Gasteiger partial charge in [0.1, 0.15) is 0 Å². The normalized spacial score (nSPS) is 26.3. The largest absolute Gasteiger partial charge is 0.425 e. The number of ether oxygens (including phenoxy) is 2. The van der Waals surface area contributed by atoms with Crippen molar-refractivity contribution in [2.75, 3.05) is 6.54 Å². The number of allylic oxidation sites excluding steroid dienone is 2. The van der Waals surface area contributed by atoms with Gasteiger partial charge in [0.05, 0.1) is 0 Å². The number of hydrogen-bond donors (Lipinski definition) is 0. The van der Waals surface area contributed by atoms with Crippen LogP contribution in [0.4, 0.5) is 4.79 Å². The Morgan fingerprint density at radius 2 is 1.52 bits per heavy atom. The molecule has 0 aromatic heterocycles. The molecule has 4 rings (SSSR count). The van der Waals surface area contributed by atoms with Crippen LogP contribution in [0.5, 0.6) is 0 Å². The molecular weight excluding hydrogens is 522 g/mol. The fourth-order valence-corrected chi connectivity index (χ4v) is 8.22. The number of amides is 1. The zero-order valence-corrected chi connectivity index (χ0v) is 26.7. The number of carbonyl (C=O) groups excluding carboxylic acids is 2. The Labute approximate surface area is 255 Å². The van der Waals surface area contributed by atoms with E-state index in [1.165, 1.54) is 82.6 Å². The molecule has 0 radical (unpaired) electrons. The summed E-state index contributed by atoms with van der Waals surface area (Å²) in [6, 6.07) is 10.9. The average Bonchev–Trinajstić information content (AvgIpc) is 3.64. The number of rotatable bonds is 20. The van der Waals surface area contributed by atoms with Gasteiger partial charge in [0.25, 0.3) is 0 Å². The molecule has 6 atom stereocenters. The Kier molecular flexibility index (Phi) is 12.8. The second-order valence-electron chi connectivity index (χ2n) is 13.1. The predicted octanol–water partition coefficient (Wildman–Crippen LogP) is 9.95. The number of nitrogens with zero attached hydrogens (tertiary/aromatic N) is 1. The van der Waals surface area contributed by atoms with E-state index in [1.54, 1.807) is 6.92 Å². The van der Waals surface area contributed by atoms with Crippen LogP contribution in [0.15, 0.2) is 42.5 Å². The van der Waals surface area contributed by atoms with Crippen molar-refractivity contribution in [3.8, 4) is 0 Å². The van der Waals surface area contributed by atoms with E-state index in [0.717, 1.165) is 31.6 Å². The smallest absolute Gasteiger partial charge is 0.413 e. The number of esters is 1. The van der Waals surface area contributed by atoms with Crippen molar-refractivity contribution in [1.29, 1.82) is 0 Å². The van der Waals surface area contributed by atoms with E-state index >= 15 is 0 Å². The molecule has 1 amide bonds. The molecule has 5 heteroatoms. The van der Waals surface area contributed by atoms with Gasteiger partial charge in [-0.05, 0) is 81.1 Å². The summed E-state index contributed by atoms with van der Waals surface area (Å²) >= 11 is 0. The molecule has 0 heterocycles. The maximum Gasteiger partial charge on any atom is 0.413 e. The van der Waals surface area contributed by atoms with Gasteiger partial charge < -0.3 is 14.4 Å². The lowest BCUT2D eigenvalue weighted by molar-refractivity contribution is -0.167. The molecule has 1 spiro atoms. The first-order valence-corrected chi connectivity index (χ1v) is 17.4. The SMILES string of the molecule is CCCCCCCC/C=C\CCCCCCCC(=O)OC(C)OC(=O)N(CC)C1C2CCC3CC32C1c1ccccc1. The first-order valence-electron chi connectivity index (χ1n) is 17.4. The van der Waals surface area contributed by atoms with Crippen LogP contribution in [-0.4, -0.2) is 35.8 Å². The molecule has 0 aliphatic heterocycles. The monoisotopic (exact) mass is 579 g/mol. The van der Waals surface area contributed by atoms with E-state index in [1.807, 2.05) is 11.8 Å². The molecule has 1 aromatic rings. The highest BCUT2D eigenvalue weighted by Gasteiger charge is 2.77. The number of benzene rings is 1. The average molecular weight is 580 g/mol. The number of carbonyl (C=O) groups is 2. The minimum Gasteiger partial charge on any atom is -0.425 e. The highest BCUT2D eigenvalue weighted by Crippen LogP contribution is 2.81. The molecule has 234 valence electrons. The quantitative estimate of drug-likeness (QED) is 0.0667. The molecule has 3 aliphatic carbocycles. The Morgan fingerprint density at radius 1 is 0.881 bits per heavy atom. The van der Waals surface area contributed by atoms with E-state index < -0.39 is 6.29 Å². The van der Waals surface area contributed by atoms with E-state index in [2.05, 4.69) is 49.4 Å². The Balaban J connectivity index is 1.07. The number of hydrogen-bond acceptors (Lipinski definition) is 4. The Morgan fingerprint density at radius 3 is 2.17 bits per heavy atom. The molecule has 5 nitrogen and oxygen atoms in total. The molecule has 3 saturated carbocycles. The molecule has 3 fully saturated rings. The zero-order chi connectivity index (χ0) is 29.8. The van der Waals surface area contributed by atoms with Gasteiger partial charge in [-0.25, -0.2) is 4.79 Å². The molecule has 6 unspecified atom stereocenters. The third-order valence-corrected chi connectivity index (χ3v) is 10.3. The molecular formula is C37H57NO4. The molecule has 1 aromatic carbocycles. The third kappa shape index (κ3) is 8.20. The van der Waals surface area contributed by atoms with Crippen LogP contribution >= 0.6 is 0 Å². The standard InChI is InChI=1S/C37H57NO4/c1-4-6-7-8-9-10-11-12-13-14-15-16-17-18-22-25-33(39)41-29(3)42-36(40)38(5-2)35-32-27-26-31-28-37(31,32)34(35)30-23-20-19-21-24-30/h12-13,19-21,23-24,29,31-32,34-35H,4-11,14-18,22,25-28H2,1-3H3/b13-12-. The van der Waals surface area contributed by atoms with Crippen molar-refractivity contribution in [1.82, 2.24) is 4.90 Å².